The molecule has 11 nitrogen and oxygen atoms in total. The highest BCUT2D eigenvalue weighted by Gasteiger charge is 2.29. The molecule has 2 aliphatic heterocycles. The van der Waals surface area contributed by atoms with Crippen molar-refractivity contribution in [3.63, 3.8) is 0 Å². The lowest BCUT2D eigenvalue weighted by atomic mass is 10.0. The Morgan fingerprint density at radius 3 is 2.52 bits per heavy atom. The molecule has 4 N–H and O–H groups in total. The summed E-state index contributed by atoms with van der Waals surface area (Å²) in [6, 6.07) is 6.71. The second-order valence-electron chi connectivity index (χ2n) is 10.7. The van der Waals surface area contributed by atoms with E-state index in [9.17, 15) is 9.90 Å². The summed E-state index contributed by atoms with van der Waals surface area (Å²) in [5, 5.41) is 20.2. The van der Waals surface area contributed by atoms with Crippen molar-refractivity contribution in [1.29, 1.82) is 0 Å². The van der Waals surface area contributed by atoms with Crippen LogP contribution in [0.1, 0.15) is 19.4 Å². The van der Waals surface area contributed by atoms with Gasteiger partial charge in [-0.2, -0.15) is 0 Å². The molecule has 0 saturated carbocycles. The van der Waals surface area contributed by atoms with E-state index in [1.165, 1.54) is 4.57 Å². The number of nitrogens with one attached hydrogen (secondary N) is 3. The smallest absolute Gasteiger partial charge is 0.274 e. The maximum atomic E-state index is 13.0. The van der Waals surface area contributed by atoms with Gasteiger partial charge in [0.15, 0.2) is 0 Å². The van der Waals surface area contributed by atoms with Crippen molar-refractivity contribution < 1.29 is 9.84 Å². The van der Waals surface area contributed by atoms with E-state index in [1.54, 1.807) is 31.7 Å². The zero-order valence-electron chi connectivity index (χ0n) is 23.6. The number of aliphatic hydroxyl groups excluding tert-OH is 1. The number of ether oxygens (including phenoxy) is 1. The summed E-state index contributed by atoms with van der Waals surface area (Å²) < 4.78 is 6.87. The fraction of sp³-hybridized carbons (Fsp3) is 0.483. The Hall–Kier alpha value is -3.51. The average Bonchev–Trinajstić information content (AvgIpc) is 2.93. The van der Waals surface area contributed by atoms with E-state index >= 15 is 0 Å². The normalized spacial score (nSPS) is 16.3. The van der Waals surface area contributed by atoms with Crippen LogP contribution in [0, 0.1) is 0 Å². The van der Waals surface area contributed by atoms with E-state index in [-0.39, 0.29) is 12.2 Å². The van der Waals surface area contributed by atoms with Gasteiger partial charge in [-0.25, -0.2) is 4.98 Å². The Morgan fingerprint density at radius 1 is 1.07 bits per heavy atom. The number of aliphatic hydroxyl groups is 1. The highest BCUT2D eigenvalue weighted by atomic mass is 16.5. The Labute approximate surface area is 235 Å². The Kier molecular flexibility index (Phi) is 8.95. The van der Waals surface area contributed by atoms with Gasteiger partial charge in [0, 0.05) is 81.4 Å². The zero-order chi connectivity index (χ0) is 28.1. The molecular formula is C29H40N8O3. The van der Waals surface area contributed by atoms with Gasteiger partial charge < -0.3 is 35.3 Å². The van der Waals surface area contributed by atoms with Gasteiger partial charge in [-0.15, -0.1) is 0 Å². The van der Waals surface area contributed by atoms with Gasteiger partial charge in [0.25, 0.3) is 5.56 Å². The first-order chi connectivity index (χ1) is 19.4. The third-order valence-corrected chi connectivity index (χ3v) is 7.53. The van der Waals surface area contributed by atoms with Gasteiger partial charge in [-0.05, 0) is 18.2 Å². The van der Waals surface area contributed by atoms with Gasteiger partial charge in [-0.3, -0.25) is 14.7 Å². The highest BCUT2D eigenvalue weighted by molar-refractivity contribution is 5.75. The van der Waals surface area contributed by atoms with Crippen LogP contribution in [0.2, 0.25) is 0 Å². The molecule has 5 rings (SSSR count). The molecule has 214 valence electrons. The molecule has 2 aliphatic rings. The van der Waals surface area contributed by atoms with Crippen molar-refractivity contribution in [2.75, 3.05) is 68.0 Å². The molecule has 0 spiro atoms. The Bertz CT molecular complexity index is 1330. The zero-order valence-corrected chi connectivity index (χ0v) is 23.6. The lowest BCUT2D eigenvalue weighted by Crippen LogP contribution is -2.56. The molecular weight excluding hydrogens is 508 g/mol. The van der Waals surface area contributed by atoms with E-state index in [0.717, 1.165) is 74.0 Å². The minimum atomic E-state index is -0.168. The van der Waals surface area contributed by atoms with Crippen LogP contribution < -0.4 is 26.4 Å². The molecule has 0 atom stereocenters. The predicted octanol–water partition coefficient (Wildman–Crippen LogP) is 2.01. The first kappa shape index (κ1) is 28.0. The van der Waals surface area contributed by atoms with Crippen LogP contribution in [0.25, 0.3) is 11.1 Å². The van der Waals surface area contributed by atoms with Crippen LogP contribution in [0.3, 0.4) is 0 Å². The third kappa shape index (κ3) is 6.44. The maximum Gasteiger partial charge on any atom is 0.274 e. The van der Waals surface area contributed by atoms with Gasteiger partial charge in [0.05, 0.1) is 49.6 Å². The van der Waals surface area contributed by atoms with Gasteiger partial charge in [-0.1, -0.05) is 13.8 Å². The van der Waals surface area contributed by atoms with Gasteiger partial charge in [0.2, 0.25) is 0 Å². The van der Waals surface area contributed by atoms with E-state index in [2.05, 4.69) is 49.6 Å². The summed E-state index contributed by atoms with van der Waals surface area (Å²) >= 11 is 0. The number of rotatable bonds is 11. The number of aryl methyl sites for hydroxylation is 1. The van der Waals surface area contributed by atoms with E-state index in [0.29, 0.717) is 30.1 Å². The molecule has 0 aliphatic carbocycles. The van der Waals surface area contributed by atoms with Crippen LogP contribution in [0.15, 0.2) is 47.8 Å². The van der Waals surface area contributed by atoms with E-state index < -0.39 is 0 Å². The summed E-state index contributed by atoms with van der Waals surface area (Å²) in [4.78, 5) is 26.8. The van der Waals surface area contributed by atoms with Crippen LogP contribution in [-0.4, -0.2) is 89.1 Å². The van der Waals surface area contributed by atoms with Gasteiger partial charge >= 0.3 is 0 Å². The van der Waals surface area contributed by atoms with E-state index in [4.69, 9.17) is 4.74 Å². The molecule has 5 heterocycles. The SMILES string of the molecule is CC(C)NCCNc1cncc(-c2cc(Nc3ccc(N4CCN(C5COC5)CC4)cn3)c(=O)n(C)c2)c1CO. The molecule has 0 aromatic carbocycles. The van der Waals surface area contributed by atoms with Crippen LogP contribution >= 0.6 is 0 Å². The lowest BCUT2D eigenvalue weighted by molar-refractivity contribution is -0.0660. The maximum absolute atomic E-state index is 13.0. The predicted molar refractivity (Wildman–Crippen MR) is 158 cm³/mol. The topological polar surface area (TPSA) is 120 Å². The highest BCUT2D eigenvalue weighted by Crippen LogP contribution is 2.30. The fourth-order valence-electron chi connectivity index (χ4n) is 5.13. The summed E-state index contributed by atoms with van der Waals surface area (Å²) in [5.41, 5.74) is 4.35. The van der Waals surface area contributed by atoms with Crippen LogP contribution in [0.5, 0.6) is 0 Å². The number of hydrogen-bond acceptors (Lipinski definition) is 10. The molecule has 0 amide bonds. The summed E-state index contributed by atoms with van der Waals surface area (Å²) in [6.45, 7) is 11.2. The van der Waals surface area contributed by atoms with Crippen molar-refractivity contribution in [1.82, 2.24) is 24.8 Å². The first-order valence-corrected chi connectivity index (χ1v) is 14.0. The summed E-state index contributed by atoms with van der Waals surface area (Å²) in [6.07, 6.45) is 7.06. The largest absolute Gasteiger partial charge is 0.392 e. The number of nitrogens with zero attached hydrogens (tertiary/aromatic N) is 5. The third-order valence-electron chi connectivity index (χ3n) is 7.53. The van der Waals surface area contributed by atoms with Crippen molar-refractivity contribution >= 4 is 22.9 Å². The number of anilines is 4. The minimum absolute atomic E-state index is 0.158. The molecule has 2 fully saturated rings. The number of aromatic nitrogens is 3. The number of hydrogen-bond donors (Lipinski definition) is 4. The summed E-state index contributed by atoms with van der Waals surface area (Å²) in [7, 11) is 1.72. The van der Waals surface area contributed by atoms with Crippen molar-refractivity contribution in [3.8, 4) is 11.1 Å². The minimum Gasteiger partial charge on any atom is -0.392 e. The average molecular weight is 549 g/mol. The van der Waals surface area contributed by atoms with Crippen molar-refractivity contribution in [3.05, 3.63) is 58.9 Å². The van der Waals surface area contributed by atoms with Crippen LogP contribution in [-0.2, 0) is 18.4 Å². The molecule has 0 bridgehead atoms. The number of pyridine rings is 3. The number of piperazine rings is 1. The Morgan fingerprint density at radius 2 is 1.88 bits per heavy atom. The quantitative estimate of drug-likeness (QED) is 0.265. The second-order valence-corrected chi connectivity index (χ2v) is 10.7. The summed E-state index contributed by atoms with van der Waals surface area (Å²) in [5.74, 6) is 0.594. The molecule has 2 saturated heterocycles. The molecule has 3 aromatic rings. The fourth-order valence-corrected chi connectivity index (χ4v) is 5.13. The molecule has 11 heteroatoms. The van der Waals surface area contributed by atoms with Crippen molar-refractivity contribution in [2.45, 2.75) is 32.5 Å². The monoisotopic (exact) mass is 548 g/mol. The molecule has 0 radical (unpaired) electrons. The molecule has 3 aromatic heterocycles. The van der Waals surface area contributed by atoms with Crippen LogP contribution in [0.4, 0.5) is 22.9 Å². The van der Waals surface area contributed by atoms with E-state index in [1.807, 2.05) is 18.3 Å². The van der Waals surface area contributed by atoms with Gasteiger partial charge in [0.1, 0.15) is 11.5 Å². The Balaban J connectivity index is 1.29. The second kappa shape index (κ2) is 12.8. The molecule has 40 heavy (non-hydrogen) atoms. The lowest BCUT2D eigenvalue weighted by Gasteiger charge is -2.43. The standard InChI is InChI=1S/C29H40N8O3/c1-20(2)31-6-7-32-27-15-30-14-24(25(27)17-38)21-12-26(29(39)35(3)16-21)34-28-5-4-22(13-33-28)36-8-10-37(11-9-36)23-18-40-19-23/h4-5,12-16,20,23,31-32,38H,6-11,17-19H2,1-3H3,(H,33,34). The molecule has 0 unspecified atom stereocenters. The van der Waals surface area contributed by atoms with Crippen molar-refractivity contribution in [2.24, 2.45) is 7.05 Å². The first-order valence-electron chi connectivity index (χ1n) is 14.0.